The Bertz CT molecular complexity index is 422. The standard InChI is InChI=1S/C14H23N3O3/c1-2-20-12(18)14-7-4-3-5-10(14)9-11(6-8-14)16-17-13(15)19/h10H,2-9H2,1H3,(H3,15,17,19). The third-order valence-electron chi connectivity index (χ3n) is 4.55. The van der Waals surface area contributed by atoms with Crippen LogP contribution in [-0.4, -0.2) is 24.3 Å². The fraction of sp³-hybridized carbons (Fsp3) is 0.786. The van der Waals surface area contributed by atoms with E-state index in [1.54, 1.807) is 0 Å². The SMILES string of the molecule is CCOC(=O)C12CCCCC1CC(=NNC(N)=O)CC2. The van der Waals surface area contributed by atoms with Crippen LogP contribution >= 0.6 is 0 Å². The Labute approximate surface area is 119 Å². The van der Waals surface area contributed by atoms with Crippen molar-refractivity contribution in [2.75, 3.05) is 6.61 Å². The van der Waals surface area contributed by atoms with Crippen molar-refractivity contribution in [1.82, 2.24) is 5.43 Å². The topological polar surface area (TPSA) is 93.8 Å². The van der Waals surface area contributed by atoms with Crippen LogP contribution < -0.4 is 11.2 Å². The summed E-state index contributed by atoms with van der Waals surface area (Å²) in [5.41, 5.74) is 7.91. The number of fused-ring (bicyclic) bond motifs is 1. The number of primary amides is 1. The van der Waals surface area contributed by atoms with Crippen molar-refractivity contribution in [1.29, 1.82) is 0 Å². The molecule has 0 aromatic carbocycles. The molecule has 2 aliphatic carbocycles. The van der Waals surface area contributed by atoms with Crippen molar-refractivity contribution in [2.45, 2.75) is 51.9 Å². The summed E-state index contributed by atoms with van der Waals surface area (Å²) in [5.74, 6) is 0.226. The monoisotopic (exact) mass is 281 g/mol. The van der Waals surface area contributed by atoms with Gasteiger partial charge in [-0.05, 0) is 44.9 Å². The van der Waals surface area contributed by atoms with Crippen LogP contribution in [0.2, 0.25) is 0 Å². The number of esters is 1. The van der Waals surface area contributed by atoms with E-state index < -0.39 is 6.03 Å². The van der Waals surface area contributed by atoms with E-state index >= 15 is 0 Å². The van der Waals surface area contributed by atoms with E-state index in [1.807, 2.05) is 6.92 Å². The molecule has 2 unspecified atom stereocenters. The van der Waals surface area contributed by atoms with E-state index in [0.717, 1.165) is 50.7 Å². The smallest absolute Gasteiger partial charge is 0.332 e. The van der Waals surface area contributed by atoms with Crippen LogP contribution in [-0.2, 0) is 9.53 Å². The number of hydrogen-bond acceptors (Lipinski definition) is 4. The van der Waals surface area contributed by atoms with E-state index in [9.17, 15) is 9.59 Å². The first-order valence-electron chi connectivity index (χ1n) is 7.36. The summed E-state index contributed by atoms with van der Waals surface area (Å²) in [6.45, 7) is 2.27. The lowest BCUT2D eigenvalue weighted by Crippen LogP contribution is -2.46. The molecule has 2 atom stereocenters. The zero-order valence-corrected chi connectivity index (χ0v) is 12.0. The molecule has 2 saturated carbocycles. The van der Waals surface area contributed by atoms with Crippen LogP contribution in [0, 0.1) is 11.3 Å². The molecule has 6 heteroatoms. The summed E-state index contributed by atoms with van der Waals surface area (Å²) >= 11 is 0. The maximum absolute atomic E-state index is 12.4. The lowest BCUT2D eigenvalue weighted by Gasteiger charge is -2.45. The Morgan fingerprint density at radius 2 is 2.25 bits per heavy atom. The Hall–Kier alpha value is -1.59. The Morgan fingerprint density at radius 1 is 1.45 bits per heavy atom. The number of ether oxygens (including phenoxy) is 1. The quantitative estimate of drug-likeness (QED) is 0.611. The number of nitrogens with one attached hydrogen (secondary N) is 1. The first-order chi connectivity index (χ1) is 9.58. The molecule has 2 rings (SSSR count). The largest absolute Gasteiger partial charge is 0.466 e. The van der Waals surface area contributed by atoms with Gasteiger partial charge in [-0.15, -0.1) is 0 Å². The Kier molecular flexibility index (Phi) is 4.62. The van der Waals surface area contributed by atoms with Crippen LogP contribution in [0.3, 0.4) is 0 Å². The summed E-state index contributed by atoms with van der Waals surface area (Å²) in [7, 11) is 0. The number of urea groups is 1. The van der Waals surface area contributed by atoms with Gasteiger partial charge in [0, 0.05) is 5.71 Å². The number of rotatable bonds is 3. The first kappa shape index (κ1) is 14.8. The van der Waals surface area contributed by atoms with Crippen LogP contribution in [0.4, 0.5) is 4.79 Å². The molecule has 2 amide bonds. The van der Waals surface area contributed by atoms with Gasteiger partial charge < -0.3 is 10.5 Å². The molecule has 2 fully saturated rings. The predicted octanol–water partition coefficient (Wildman–Crippen LogP) is 1.93. The minimum Gasteiger partial charge on any atom is -0.466 e. The van der Waals surface area contributed by atoms with Gasteiger partial charge in [0.15, 0.2) is 0 Å². The average Bonchev–Trinajstić information content (AvgIpc) is 2.45. The molecular weight excluding hydrogens is 258 g/mol. The molecule has 2 aliphatic rings. The second-order valence-electron chi connectivity index (χ2n) is 5.68. The molecule has 20 heavy (non-hydrogen) atoms. The zero-order chi connectivity index (χ0) is 14.6. The summed E-state index contributed by atoms with van der Waals surface area (Å²) in [6.07, 6.45) is 6.38. The first-order valence-corrected chi connectivity index (χ1v) is 7.36. The summed E-state index contributed by atoms with van der Waals surface area (Å²) in [4.78, 5) is 23.1. The van der Waals surface area contributed by atoms with Crippen molar-refractivity contribution in [3.63, 3.8) is 0 Å². The van der Waals surface area contributed by atoms with Gasteiger partial charge in [0.2, 0.25) is 0 Å². The normalized spacial score (nSPS) is 31.4. The second-order valence-corrected chi connectivity index (χ2v) is 5.68. The number of carbonyl (C=O) groups excluding carboxylic acids is 2. The molecular formula is C14H23N3O3. The third kappa shape index (κ3) is 2.94. The molecule has 0 radical (unpaired) electrons. The maximum atomic E-state index is 12.4. The lowest BCUT2D eigenvalue weighted by molar-refractivity contribution is -0.163. The molecule has 0 heterocycles. The molecule has 112 valence electrons. The fourth-order valence-corrected chi connectivity index (χ4v) is 3.57. The lowest BCUT2D eigenvalue weighted by atomic mass is 9.59. The van der Waals surface area contributed by atoms with Crippen LogP contribution in [0.25, 0.3) is 0 Å². The molecule has 0 saturated heterocycles. The van der Waals surface area contributed by atoms with Gasteiger partial charge >= 0.3 is 12.0 Å². The molecule has 0 spiro atoms. The van der Waals surface area contributed by atoms with Crippen LogP contribution in [0.15, 0.2) is 5.10 Å². The van der Waals surface area contributed by atoms with Gasteiger partial charge in [-0.3, -0.25) is 4.79 Å². The van der Waals surface area contributed by atoms with E-state index in [2.05, 4.69) is 10.5 Å². The van der Waals surface area contributed by atoms with Crippen LogP contribution in [0.5, 0.6) is 0 Å². The van der Waals surface area contributed by atoms with Gasteiger partial charge in [0.05, 0.1) is 12.0 Å². The van der Waals surface area contributed by atoms with Crippen molar-refractivity contribution in [3.8, 4) is 0 Å². The molecule has 0 aromatic rings. The van der Waals surface area contributed by atoms with Gasteiger partial charge in [-0.25, -0.2) is 10.2 Å². The Morgan fingerprint density at radius 3 is 2.95 bits per heavy atom. The molecule has 0 bridgehead atoms. The molecule has 3 N–H and O–H groups in total. The number of nitrogens with two attached hydrogens (primary N) is 1. The van der Waals surface area contributed by atoms with Crippen molar-refractivity contribution >= 4 is 17.7 Å². The van der Waals surface area contributed by atoms with Crippen molar-refractivity contribution in [3.05, 3.63) is 0 Å². The number of amides is 2. The maximum Gasteiger partial charge on any atom is 0.332 e. The van der Waals surface area contributed by atoms with E-state index in [1.165, 1.54) is 0 Å². The average molecular weight is 281 g/mol. The van der Waals surface area contributed by atoms with Crippen molar-refractivity contribution in [2.24, 2.45) is 22.2 Å². The number of carbonyl (C=O) groups is 2. The highest BCUT2D eigenvalue weighted by Gasteiger charge is 2.50. The van der Waals surface area contributed by atoms with E-state index in [0.29, 0.717) is 6.61 Å². The van der Waals surface area contributed by atoms with Gasteiger partial charge in [-0.1, -0.05) is 12.8 Å². The summed E-state index contributed by atoms with van der Waals surface area (Å²) in [6, 6.07) is -0.650. The molecule has 0 aliphatic heterocycles. The Balaban J connectivity index is 2.11. The van der Waals surface area contributed by atoms with Gasteiger partial charge in [-0.2, -0.15) is 5.10 Å². The van der Waals surface area contributed by atoms with E-state index in [-0.39, 0.29) is 17.3 Å². The highest BCUT2D eigenvalue weighted by Crippen LogP contribution is 2.50. The van der Waals surface area contributed by atoms with Crippen molar-refractivity contribution < 1.29 is 14.3 Å². The number of nitrogens with zero attached hydrogens (tertiary/aromatic N) is 1. The third-order valence-corrected chi connectivity index (χ3v) is 4.55. The van der Waals surface area contributed by atoms with Gasteiger partial charge in [0.1, 0.15) is 0 Å². The van der Waals surface area contributed by atoms with Crippen LogP contribution in [0.1, 0.15) is 51.9 Å². The molecule has 0 aromatic heterocycles. The number of hydrogen-bond donors (Lipinski definition) is 2. The number of hydrazone groups is 1. The fourth-order valence-electron chi connectivity index (χ4n) is 3.57. The predicted molar refractivity (Wildman–Crippen MR) is 75.0 cm³/mol. The van der Waals surface area contributed by atoms with Gasteiger partial charge in [0.25, 0.3) is 0 Å². The second kappa shape index (κ2) is 6.24. The van der Waals surface area contributed by atoms with E-state index in [4.69, 9.17) is 10.5 Å². The molecule has 6 nitrogen and oxygen atoms in total. The highest BCUT2D eigenvalue weighted by molar-refractivity contribution is 5.89. The summed E-state index contributed by atoms with van der Waals surface area (Å²) in [5, 5.41) is 4.05. The highest BCUT2D eigenvalue weighted by atomic mass is 16.5. The zero-order valence-electron chi connectivity index (χ0n) is 12.0. The minimum atomic E-state index is -0.650. The minimum absolute atomic E-state index is 0.0494. The summed E-state index contributed by atoms with van der Waals surface area (Å²) < 4.78 is 5.31.